The van der Waals surface area contributed by atoms with Crippen molar-refractivity contribution in [3.8, 4) is 0 Å². The standard InChI is InChI=1S/C35H69N2O7P/c1-3-5-7-9-11-13-15-17-18-20-22-24-26-32(38)30-35(40)37-33(31-44-45(41,42)43-29-28-36)34(39)27-25-23-21-19-16-14-12-10-8-6-4-2/h16,19,25,27,32-34,38-39H,3-15,17-18,20-24,26,28-31,36H2,1-2H3,(H,37,40)(H,41,42)/b19-16+,27-25+. The number of unbranched alkanes of at least 4 members (excludes halogenated alkanes) is 17. The van der Waals surface area contributed by atoms with Crippen LogP contribution in [-0.4, -0.2) is 59.0 Å². The molecule has 4 atom stereocenters. The summed E-state index contributed by atoms with van der Waals surface area (Å²) in [5, 5.41) is 23.8. The highest BCUT2D eigenvalue weighted by Crippen LogP contribution is 2.43. The van der Waals surface area contributed by atoms with Crippen LogP contribution in [0.15, 0.2) is 24.3 Å². The van der Waals surface area contributed by atoms with Crippen molar-refractivity contribution in [2.24, 2.45) is 5.73 Å². The molecule has 0 saturated heterocycles. The molecule has 6 N–H and O–H groups in total. The Morgan fingerprint density at radius 1 is 0.756 bits per heavy atom. The molecule has 1 amide bonds. The number of phosphoric acid groups is 1. The number of aliphatic hydroxyl groups is 2. The Morgan fingerprint density at radius 3 is 1.84 bits per heavy atom. The van der Waals surface area contributed by atoms with Crippen molar-refractivity contribution in [2.45, 2.75) is 173 Å². The zero-order chi connectivity index (χ0) is 33.4. The van der Waals surface area contributed by atoms with E-state index < -0.39 is 38.6 Å². The van der Waals surface area contributed by atoms with E-state index in [1.807, 2.05) is 6.08 Å². The van der Waals surface area contributed by atoms with Gasteiger partial charge >= 0.3 is 7.82 Å². The normalized spacial score (nSPS) is 15.4. The van der Waals surface area contributed by atoms with Crippen LogP contribution in [0, 0.1) is 0 Å². The lowest BCUT2D eigenvalue weighted by Crippen LogP contribution is -2.46. The first kappa shape index (κ1) is 43.9. The van der Waals surface area contributed by atoms with Gasteiger partial charge in [-0.3, -0.25) is 13.8 Å². The number of phosphoric ester groups is 1. The Bertz CT molecular complexity index is 781. The van der Waals surface area contributed by atoms with Crippen molar-refractivity contribution in [3.05, 3.63) is 24.3 Å². The van der Waals surface area contributed by atoms with E-state index in [2.05, 4.69) is 31.3 Å². The fourth-order valence-corrected chi connectivity index (χ4v) is 5.83. The lowest BCUT2D eigenvalue weighted by Gasteiger charge is -2.24. The van der Waals surface area contributed by atoms with E-state index >= 15 is 0 Å². The van der Waals surface area contributed by atoms with Crippen LogP contribution in [-0.2, 0) is 18.4 Å². The molecule has 0 rings (SSSR count). The van der Waals surface area contributed by atoms with Gasteiger partial charge in [-0.1, -0.05) is 141 Å². The Hall–Kier alpha value is -1.06. The van der Waals surface area contributed by atoms with Gasteiger partial charge in [0.05, 0.1) is 37.9 Å². The van der Waals surface area contributed by atoms with Crippen molar-refractivity contribution in [1.29, 1.82) is 0 Å². The molecule has 0 aromatic carbocycles. The molecule has 0 radical (unpaired) electrons. The van der Waals surface area contributed by atoms with Gasteiger partial charge in [0, 0.05) is 6.54 Å². The number of hydrogen-bond donors (Lipinski definition) is 5. The summed E-state index contributed by atoms with van der Waals surface area (Å²) in [6.07, 6.45) is 29.8. The third-order valence-corrected chi connectivity index (χ3v) is 8.82. The number of carbonyl (C=O) groups is 1. The molecule has 0 fully saturated rings. The van der Waals surface area contributed by atoms with E-state index in [1.54, 1.807) is 6.08 Å². The Morgan fingerprint density at radius 2 is 1.27 bits per heavy atom. The average Bonchev–Trinajstić information content (AvgIpc) is 3.01. The predicted octanol–water partition coefficient (Wildman–Crippen LogP) is 8.02. The summed E-state index contributed by atoms with van der Waals surface area (Å²) in [4.78, 5) is 22.6. The van der Waals surface area contributed by atoms with Crippen LogP contribution in [0.2, 0.25) is 0 Å². The van der Waals surface area contributed by atoms with Crippen LogP contribution in [0.25, 0.3) is 0 Å². The minimum atomic E-state index is -4.39. The lowest BCUT2D eigenvalue weighted by molar-refractivity contribution is -0.124. The summed E-state index contributed by atoms with van der Waals surface area (Å²) in [5.74, 6) is -0.458. The number of allylic oxidation sites excluding steroid dienone is 3. The van der Waals surface area contributed by atoms with Crippen LogP contribution in [0.3, 0.4) is 0 Å². The Labute approximate surface area is 275 Å². The quantitative estimate of drug-likeness (QED) is 0.0270. The second kappa shape index (κ2) is 31.5. The monoisotopic (exact) mass is 660 g/mol. The van der Waals surface area contributed by atoms with Gasteiger partial charge in [-0.2, -0.15) is 0 Å². The SMILES string of the molecule is CCCCCCC/C=C/CC/C=C/C(O)C(COP(=O)(O)OCCN)NC(=O)CC(O)CCCCCCCCCCCCCC. The molecule has 0 saturated carbocycles. The molecule has 10 heteroatoms. The largest absolute Gasteiger partial charge is 0.472 e. The van der Waals surface area contributed by atoms with Crippen LogP contribution in [0.1, 0.15) is 155 Å². The molecular formula is C35H69N2O7P. The number of amides is 1. The number of nitrogens with two attached hydrogens (primary N) is 1. The van der Waals surface area contributed by atoms with Gasteiger partial charge in [-0.05, 0) is 32.1 Å². The van der Waals surface area contributed by atoms with Gasteiger partial charge in [0.2, 0.25) is 5.91 Å². The van der Waals surface area contributed by atoms with Crippen molar-refractivity contribution >= 4 is 13.7 Å². The lowest BCUT2D eigenvalue weighted by atomic mass is 10.0. The maximum atomic E-state index is 12.7. The van der Waals surface area contributed by atoms with Gasteiger partial charge in [0.1, 0.15) is 0 Å². The van der Waals surface area contributed by atoms with Crippen LogP contribution in [0.5, 0.6) is 0 Å². The van der Waals surface area contributed by atoms with Crippen LogP contribution in [0.4, 0.5) is 0 Å². The van der Waals surface area contributed by atoms with E-state index in [0.717, 1.165) is 32.1 Å². The number of nitrogens with one attached hydrogen (secondary N) is 1. The van der Waals surface area contributed by atoms with E-state index in [4.69, 9.17) is 14.8 Å². The molecule has 0 aliphatic carbocycles. The topological polar surface area (TPSA) is 151 Å². The van der Waals surface area contributed by atoms with Gasteiger partial charge < -0.3 is 26.2 Å². The average molecular weight is 661 g/mol. The highest BCUT2D eigenvalue weighted by molar-refractivity contribution is 7.47. The molecule has 0 heterocycles. The van der Waals surface area contributed by atoms with E-state index in [0.29, 0.717) is 12.8 Å². The maximum absolute atomic E-state index is 12.7. The fraction of sp³-hybridized carbons (Fsp3) is 0.857. The van der Waals surface area contributed by atoms with Crippen molar-refractivity contribution in [3.63, 3.8) is 0 Å². The Balaban J connectivity index is 4.51. The fourth-order valence-electron chi connectivity index (χ4n) is 5.07. The van der Waals surface area contributed by atoms with Gasteiger partial charge in [-0.15, -0.1) is 0 Å². The maximum Gasteiger partial charge on any atom is 0.472 e. The number of aliphatic hydroxyl groups excluding tert-OH is 2. The highest BCUT2D eigenvalue weighted by atomic mass is 31.2. The molecule has 45 heavy (non-hydrogen) atoms. The van der Waals surface area contributed by atoms with E-state index in [9.17, 15) is 24.5 Å². The van der Waals surface area contributed by atoms with E-state index in [1.165, 1.54) is 89.9 Å². The zero-order valence-electron chi connectivity index (χ0n) is 28.7. The molecular weight excluding hydrogens is 591 g/mol. The summed E-state index contributed by atoms with van der Waals surface area (Å²) in [7, 11) is -4.39. The minimum Gasteiger partial charge on any atom is -0.393 e. The zero-order valence-corrected chi connectivity index (χ0v) is 29.6. The summed E-state index contributed by atoms with van der Waals surface area (Å²) < 4.78 is 21.9. The third-order valence-electron chi connectivity index (χ3n) is 7.83. The smallest absolute Gasteiger partial charge is 0.393 e. The number of hydrogen-bond acceptors (Lipinski definition) is 7. The summed E-state index contributed by atoms with van der Waals surface area (Å²) in [6, 6.07) is -0.992. The second-order valence-electron chi connectivity index (χ2n) is 12.3. The van der Waals surface area contributed by atoms with Gasteiger partial charge in [0.25, 0.3) is 0 Å². The molecule has 0 aromatic heterocycles. The highest BCUT2D eigenvalue weighted by Gasteiger charge is 2.27. The minimum absolute atomic E-state index is 0.0455. The first-order valence-corrected chi connectivity index (χ1v) is 19.5. The van der Waals surface area contributed by atoms with Crippen molar-refractivity contribution in [1.82, 2.24) is 5.32 Å². The van der Waals surface area contributed by atoms with Crippen LogP contribution < -0.4 is 11.1 Å². The third kappa shape index (κ3) is 30.0. The number of carbonyl (C=O) groups excluding carboxylic acids is 1. The van der Waals surface area contributed by atoms with Gasteiger partial charge in [-0.25, -0.2) is 4.57 Å². The van der Waals surface area contributed by atoms with E-state index in [-0.39, 0.29) is 19.6 Å². The summed E-state index contributed by atoms with van der Waals surface area (Å²) >= 11 is 0. The second-order valence-corrected chi connectivity index (χ2v) is 13.7. The molecule has 0 aliphatic rings. The van der Waals surface area contributed by atoms with Crippen molar-refractivity contribution in [2.75, 3.05) is 19.8 Å². The summed E-state index contributed by atoms with van der Waals surface area (Å²) in [5.41, 5.74) is 5.33. The van der Waals surface area contributed by atoms with Crippen LogP contribution >= 0.6 is 7.82 Å². The number of rotatable bonds is 33. The van der Waals surface area contributed by atoms with Crippen molar-refractivity contribution < 1.29 is 33.5 Å². The Kier molecular flexibility index (Phi) is 30.8. The molecule has 266 valence electrons. The molecule has 0 spiro atoms. The molecule has 9 nitrogen and oxygen atoms in total. The molecule has 0 bridgehead atoms. The summed E-state index contributed by atoms with van der Waals surface area (Å²) in [6.45, 7) is 3.89. The first-order valence-electron chi connectivity index (χ1n) is 18.0. The van der Waals surface area contributed by atoms with Gasteiger partial charge in [0.15, 0.2) is 0 Å². The first-order chi connectivity index (χ1) is 21.8. The predicted molar refractivity (Wildman–Crippen MR) is 186 cm³/mol. The molecule has 0 aromatic rings. The molecule has 4 unspecified atom stereocenters. The molecule has 0 aliphatic heterocycles.